The summed E-state index contributed by atoms with van der Waals surface area (Å²) in [5, 5.41) is 3.22. The van der Waals surface area contributed by atoms with Gasteiger partial charge >= 0.3 is 0 Å². The van der Waals surface area contributed by atoms with Crippen molar-refractivity contribution in [1.29, 1.82) is 0 Å². The van der Waals surface area contributed by atoms with Gasteiger partial charge in [-0.05, 0) is 60.2 Å². The fraction of sp³-hybridized carbons (Fsp3) is 0.381. The number of halogens is 1. The summed E-state index contributed by atoms with van der Waals surface area (Å²) >= 11 is 2.03. The number of guanidine groups is 1. The van der Waals surface area contributed by atoms with Crippen molar-refractivity contribution in [3.8, 4) is 0 Å². The van der Waals surface area contributed by atoms with Gasteiger partial charge in [0.25, 0.3) is 0 Å². The van der Waals surface area contributed by atoms with Crippen LogP contribution in [0.25, 0.3) is 0 Å². The highest BCUT2D eigenvalue weighted by Crippen LogP contribution is 2.25. The van der Waals surface area contributed by atoms with Crippen molar-refractivity contribution in [3.05, 3.63) is 59.2 Å². The lowest BCUT2D eigenvalue weighted by atomic mass is 10.1. The molecule has 0 aromatic heterocycles. The van der Waals surface area contributed by atoms with E-state index in [1.165, 1.54) is 53.1 Å². The number of aliphatic imine (C=N–C) groups is 1. The van der Waals surface area contributed by atoms with Crippen molar-refractivity contribution < 1.29 is 0 Å². The first-order valence-corrected chi connectivity index (χ1v) is 10.5. The summed E-state index contributed by atoms with van der Waals surface area (Å²) in [6.45, 7) is 2.87. The van der Waals surface area contributed by atoms with Crippen LogP contribution in [0, 0.1) is 0 Å². The minimum atomic E-state index is 0. The molecule has 4 nitrogen and oxygen atoms in total. The Hall–Kier alpha value is -1.41. The van der Waals surface area contributed by atoms with Crippen LogP contribution in [0.2, 0.25) is 0 Å². The molecule has 1 saturated heterocycles. The number of rotatable bonds is 4. The molecule has 1 fully saturated rings. The Kier molecular flexibility index (Phi) is 7.29. The number of hydrogen-bond acceptors (Lipinski definition) is 3. The lowest BCUT2D eigenvalue weighted by Gasteiger charge is -2.28. The minimum Gasteiger partial charge on any atom is -0.370 e. The van der Waals surface area contributed by atoms with Crippen LogP contribution >= 0.6 is 35.7 Å². The van der Waals surface area contributed by atoms with Crippen LogP contribution in [0.3, 0.4) is 0 Å². The van der Waals surface area contributed by atoms with Crippen LogP contribution in [0.1, 0.15) is 23.1 Å². The van der Waals surface area contributed by atoms with Crippen LogP contribution in [0.15, 0.2) is 47.5 Å². The van der Waals surface area contributed by atoms with E-state index in [1.54, 1.807) is 0 Å². The smallest absolute Gasteiger partial charge is 0.193 e. The summed E-state index contributed by atoms with van der Waals surface area (Å²) in [7, 11) is 0. The number of nitrogens with zero attached hydrogens (tertiary/aromatic N) is 2. The Balaban J connectivity index is 0.00000210. The molecule has 1 heterocycles. The fourth-order valence-electron chi connectivity index (χ4n) is 3.65. The zero-order valence-electron chi connectivity index (χ0n) is 15.5. The highest BCUT2D eigenvalue weighted by molar-refractivity contribution is 14.0. The summed E-state index contributed by atoms with van der Waals surface area (Å²) in [6.07, 6.45) is 3.63. The maximum absolute atomic E-state index is 6.07. The highest BCUT2D eigenvalue weighted by atomic mass is 127. The van der Waals surface area contributed by atoms with E-state index in [1.807, 2.05) is 11.8 Å². The molecular formula is C21H27IN4S. The van der Waals surface area contributed by atoms with Gasteiger partial charge in [-0.2, -0.15) is 11.8 Å². The van der Waals surface area contributed by atoms with Crippen molar-refractivity contribution in [3.63, 3.8) is 0 Å². The number of benzene rings is 2. The molecule has 6 heteroatoms. The van der Waals surface area contributed by atoms with Gasteiger partial charge in [0.2, 0.25) is 0 Å². The summed E-state index contributed by atoms with van der Waals surface area (Å²) in [5.41, 5.74) is 12.5. The van der Waals surface area contributed by atoms with Crippen molar-refractivity contribution in [2.45, 2.75) is 25.8 Å². The van der Waals surface area contributed by atoms with Crippen molar-refractivity contribution in [2.75, 3.05) is 34.8 Å². The van der Waals surface area contributed by atoms with Gasteiger partial charge in [-0.25, -0.2) is 4.99 Å². The van der Waals surface area contributed by atoms with Gasteiger partial charge in [0, 0.05) is 36.0 Å². The molecule has 0 atom stereocenters. The second-order valence-corrected chi connectivity index (χ2v) is 8.15. The zero-order valence-corrected chi connectivity index (χ0v) is 18.6. The molecule has 0 radical (unpaired) electrons. The lowest BCUT2D eigenvalue weighted by Crippen LogP contribution is -2.32. The van der Waals surface area contributed by atoms with E-state index in [2.05, 4.69) is 57.7 Å². The Labute approximate surface area is 183 Å². The van der Waals surface area contributed by atoms with E-state index in [0.717, 1.165) is 18.8 Å². The molecule has 2 aromatic rings. The number of thioether (sulfide) groups is 1. The Morgan fingerprint density at radius 3 is 2.56 bits per heavy atom. The molecule has 2 aromatic carbocycles. The average Bonchev–Trinajstić information content (AvgIpc) is 3.15. The predicted octanol–water partition coefficient (Wildman–Crippen LogP) is 4.27. The van der Waals surface area contributed by atoms with Gasteiger partial charge in [0.05, 0.1) is 6.54 Å². The van der Waals surface area contributed by atoms with Gasteiger partial charge in [-0.15, -0.1) is 24.0 Å². The van der Waals surface area contributed by atoms with E-state index in [-0.39, 0.29) is 24.0 Å². The number of nitrogens with two attached hydrogens (primary N) is 1. The Morgan fingerprint density at radius 1 is 1.04 bits per heavy atom. The van der Waals surface area contributed by atoms with Crippen LogP contribution in [-0.2, 0) is 19.4 Å². The van der Waals surface area contributed by atoms with Crippen molar-refractivity contribution in [1.82, 2.24) is 0 Å². The number of anilines is 2. The van der Waals surface area contributed by atoms with E-state index in [9.17, 15) is 0 Å². The van der Waals surface area contributed by atoms with Gasteiger partial charge in [-0.3, -0.25) is 0 Å². The van der Waals surface area contributed by atoms with Crippen LogP contribution in [0.5, 0.6) is 0 Å². The number of aryl methyl sites for hydroxylation is 2. The number of hydrogen-bond donors (Lipinski definition) is 2. The fourth-order valence-corrected chi connectivity index (χ4v) is 4.55. The number of nitrogens with one attached hydrogen (secondary N) is 1. The van der Waals surface area contributed by atoms with Gasteiger partial charge in [-0.1, -0.05) is 18.2 Å². The average molecular weight is 494 g/mol. The molecule has 0 spiro atoms. The summed E-state index contributed by atoms with van der Waals surface area (Å²) < 4.78 is 0. The maximum atomic E-state index is 6.07. The standard InChI is InChI=1S/C21H26N4S.HI/c22-21(24-19-7-6-17-2-1-3-18(17)14-19)23-15-16-4-8-20(9-5-16)25-10-12-26-13-11-25;/h4-9,14H,1-3,10-13,15H2,(H3,22,23,24);1H. The summed E-state index contributed by atoms with van der Waals surface area (Å²) in [5.74, 6) is 2.91. The Bertz CT molecular complexity index is 785. The normalized spacial score (nSPS) is 16.6. The monoisotopic (exact) mass is 494 g/mol. The third-order valence-electron chi connectivity index (χ3n) is 5.12. The molecule has 0 bridgehead atoms. The molecule has 2 aliphatic rings. The highest BCUT2D eigenvalue weighted by Gasteiger charge is 2.12. The quantitative estimate of drug-likeness (QED) is 0.379. The number of fused-ring (bicyclic) bond motifs is 1. The predicted molar refractivity (Wildman–Crippen MR) is 129 cm³/mol. The largest absolute Gasteiger partial charge is 0.370 e. The SMILES string of the molecule is I.NC(=NCc1ccc(N2CCSCC2)cc1)Nc1ccc2c(c1)CCC2. The summed E-state index contributed by atoms with van der Waals surface area (Å²) in [6, 6.07) is 15.2. The maximum Gasteiger partial charge on any atom is 0.193 e. The topological polar surface area (TPSA) is 53.6 Å². The van der Waals surface area contributed by atoms with E-state index < -0.39 is 0 Å². The first kappa shape index (κ1) is 20.3. The molecular weight excluding hydrogens is 467 g/mol. The molecule has 1 aliphatic carbocycles. The molecule has 1 aliphatic heterocycles. The first-order valence-electron chi connectivity index (χ1n) is 9.38. The van der Waals surface area contributed by atoms with E-state index >= 15 is 0 Å². The lowest BCUT2D eigenvalue weighted by molar-refractivity contribution is 0.858. The second kappa shape index (κ2) is 9.68. The van der Waals surface area contributed by atoms with Gasteiger partial charge < -0.3 is 16.0 Å². The second-order valence-electron chi connectivity index (χ2n) is 6.93. The molecule has 27 heavy (non-hydrogen) atoms. The molecule has 144 valence electrons. The van der Waals surface area contributed by atoms with Crippen LogP contribution < -0.4 is 16.0 Å². The molecule has 0 saturated carbocycles. The minimum absolute atomic E-state index is 0. The third kappa shape index (κ3) is 5.31. The molecule has 0 amide bonds. The van der Waals surface area contributed by atoms with Gasteiger partial charge in [0.1, 0.15) is 0 Å². The van der Waals surface area contributed by atoms with Crippen LogP contribution in [-0.4, -0.2) is 30.6 Å². The van der Waals surface area contributed by atoms with Crippen molar-refractivity contribution in [2.24, 2.45) is 10.7 Å². The van der Waals surface area contributed by atoms with Crippen molar-refractivity contribution >= 4 is 53.1 Å². The van der Waals surface area contributed by atoms with E-state index in [4.69, 9.17) is 5.73 Å². The summed E-state index contributed by atoms with van der Waals surface area (Å²) in [4.78, 5) is 6.94. The first-order chi connectivity index (χ1) is 12.8. The van der Waals surface area contributed by atoms with Crippen LogP contribution in [0.4, 0.5) is 11.4 Å². The van der Waals surface area contributed by atoms with E-state index in [0.29, 0.717) is 12.5 Å². The van der Waals surface area contributed by atoms with Gasteiger partial charge in [0.15, 0.2) is 5.96 Å². The molecule has 4 rings (SSSR count). The molecule has 0 unspecified atom stereocenters. The zero-order chi connectivity index (χ0) is 17.8. The molecule has 3 N–H and O–H groups in total. The third-order valence-corrected chi connectivity index (χ3v) is 6.06. The Morgan fingerprint density at radius 2 is 1.78 bits per heavy atom.